The maximum Gasteiger partial charge on any atom is 0.338 e. The maximum absolute atomic E-state index is 11.7. The number of benzene rings is 3. The average molecular weight is 400 g/mol. The number of fused-ring (bicyclic) bond motifs is 1. The molecular formula is C26H24O4. The summed E-state index contributed by atoms with van der Waals surface area (Å²) in [5.41, 5.74) is 4.05. The van der Waals surface area contributed by atoms with E-state index in [0.717, 1.165) is 27.5 Å². The van der Waals surface area contributed by atoms with E-state index in [1.807, 2.05) is 36.4 Å². The molecule has 0 aliphatic heterocycles. The third-order valence-electron chi connectivity index (χ3n) is 4.63. The van der Waals surface area contributed by atoms with Gasteiger partial charge in [0.1, 0.15) is 5.75 Å². The molecule has 152 valence electrons. The Morgan fingerprint density at radius 1 is 0.767 bits per heavy atom. The highest BCUT2D eigenvalue weighted by atomic mass is 16.5. The molecule has 0 aliphatic rings. The van der Waals surface area contributed by atoms with Crippen LogP contribution < -0.4 is 4.74 Å². The maximum atomic E-state index is 11.7. The summed E-state index contributed by atoms with van der Waals surface area (Å²) in [5.74, 6) is -0.291. The van der Waals surface area contributed by atoms with Crippen molar-refractivity contribution in [3.63, 3.8) is 0 Å². The van der Waals surface area contributed by atoms with E-state index in [9.17, 15) is 9.59 Å². The van der Waals surface area contributed by atoms with Gasteiger partial charge in [0.2, 0.25) is 0 Å². The van der Waals surface area contributed by atoms with E-state index in [1.165, 1.54) is 0 Å². The van der Waals surface area contributed by atoms with Gasteiger partial charge in [-0.05, 0) is 59.5 Å². The van der Waals surface area contributed by atoms with Gasteiger partial charge in [-0.2, -0.15) is 0 Å². The summed E-state index contributed by atoms with van der Waals surface area (Å²) in [4.78, 5) is 23.1. The predicted octanol–water partition coefficient (Wildman–Crippen LogP) is 5.65. The molecule has 4 heteroatoms. The molecular weight excluding hydrogens is 376 g/mol. The van der Waals surface area contributed by atoms with E-state index in [-0.39, 0.29) is 5.97 Å². The Bertz CT molecular complexity index is 1120. The molecule has 30 heavy (non-hydrogen) atoms. The molecule has 0 N–H and O–H groups in total. The molecule has 4 nitrogen and oxygen atoms in total. The molecule has 0 saturated heterocycles. The Morgan fingerprint density at radius 2 is 1.37 bits per heavy atom. The van der Waals surface area contributed by atoms with Crippen LogP contribution in [0.3, 0.4) is 0 Å². The second kappa shape index (κ2) is 9.23. The summed E-state index contributed by atoms with van der Waals surface area (Å²) < 4.78 is 10.4. The summed E-state index contributed by atoms with van der Waals surface area (Å²) in [7, 11) is 0. The van der Waals surface area contributed by atoms with Crippen LogP contribution in [-0.2, 0) is 20.7 Å². The Kier molecular flexibility index (Phi) is 6.48. The van der Waals surface area contributed by atoms with Crippen molar-refractivity contribution in [3.8, 4) is 16.9 Å². The van der Waals surface area contributed by atoms with Crippen molar-refractivity contribution in [3.05, 3.63) is 90.5 Å². The van der Waals surface area contributed by atoms with Gasteiger partial charge in [-0.3, -0.25) is 0 Å². The Labute approximate surface area is 176 Å². The smallest absolute Gasteiger partial charge is 0.338 e. The van der Waals surface area contributed by atoms with Crippen LogP contribution in [0.25, 0.3) is 21.9 Å². The predicted molar refractivity (Wildman–Crippen MR) is 119 cm³/mol. The first-order valence-electron chi connectivity index (χ1n) is 9.67. The minimum atomic E-state index is -0.430. The summed E-state index contributed by atoms with van der Waals surface area (Å²) in [6.45, 7) is 10.8. The highest BCUT2D eigenvalue weighted by molar-refractivity contribution is 5.91. The van der Waals surface area contributed by atoms with Gasteiger partial charge in [-0.1, -0.05) is 55.6 Å². The van der Waals surface area contributed by atoms with E-state index in [1.54, 1.807) is 19.9 Å². The van der Waals surface area contributed by atoms with Crippen LogP contribution in [0.2, 0.25) is 0 Å². The molecule has 0 atom stereocenters. The zero-order valence-corrected chi connectivity index (χ0v) is 17.2. The van der Waals surface area contributed by atoms with Gasteiger partial charge in [-0.25, -0.2) is 9.59 Å². The molecule has 0 aromatic heterocycles. The monoisotopic (exact) mass is 400 g/mol. The van der Waals surface area contributed by atoms with E-state index < -0.39 is 5.97 Å². The summed E-state index contributed by atoms with van der Waals surface area (Å²) in [5, 5.41) is 2.04. The van der Waals surface area contributed by atoms with Crippen LogP contribution in [0.4, 0.5) is 0 Å². The molecule has 0 amide bonds. The Hall–Kier alpha value is -3.66. The van der Waals surface area contributed by atoms with Crippen LogP contribution in [0, 0.1) is 0 Å². The van der Waals surface area contributed by atoms with Crippen molar-refractivity contribution in [1.82, 2.24) is 0 Å². The first-order chi connectivity index (χ1) is 14.3. The van der Waals surface area contributed by atoms with Gasteiger partial charge in [0.25, 0.3) is 0 Å². The minimum Gasteiger partial charge on any atom is -0.462 e. The third kappa shape index (κ3) is 5.23. The Balaban J connectivity index is 1.70. The van der Waals surface area contributed by atoms with Gasteiger partial charge >= 0.3 is 11.9 Å². The molecule has 0 aliphatic carbocycles. The van der Waals surface area contributed by atoms with Crippen molar-refractivity contribution in [2.24, 2.45) is 0 Å². The van der Waals surface area contributed by atoms with E-state index in [0.29, 0.717) is 29.9 Å². The molecule has 3 aromatic carbocycles. The van der Waals surface area contributed by atoms with Crippen LogP contribution >= 0.6 is 0 Å². The van der Waals surface area contributed by atoms with Gasteiger partial charge in [0.05, 0.1) is 6.61 Å². The zero-order valence-electron chi connectivity index (χ0n) is 17.2. The molecule has 0 bridgehead atoms. The zero-order chi connectivity index (χ0) is 21.7. The van der Waals surface area contributed by atoms with Gasteiger partial charge in [0, 0.05) is 17.6 Å². The highest BCUT2D eigenvalue weighted by Crippen LogP contribution is 2.27. The molecule has 3 aromatic rings. The van der Waals surface area contributed by atoms with Gasteiger partial charge in [0.15, 0.2) is 0 Å². The fourth-order valence-electron chi connectivity index (χ4n) is 2.91. The Morgan fingerprint density at radius 3 is 2.03 bits per heavy atom. The van der Waals surface area contributed by atoms with Crippen molar-refractivity contribution in [1.29, 1.82) is 0 Å². The van der Waals surface area contributed by atoms with Gasteiger partial charge < -0.3 is 9.47 Å². The number of carbonyl (C=O) groups excluding carboxylic acids is 2. The molecule has 0 fully saturated rings. The lowest BCUT2D eigenvalue weighted by Crippen LogP contribution is -2.08. The van der Waals surface area contributed by atoms with Crippen LogP contribution in [-0.4, -0.2) is 18.5 Å². The summed E-state index contributed by atoms with van der Waals surface area (Å²) >= 11 is 0. The fraction of sp³-hybridized carbons (Fsp3) is 0.154. The first kappa shape index (κ1) is 21.1. The van der Waals surface area contributed by atoms with Crippen molar-refractivity contribution >= 4 is 22.7 Å². The molecule has 0 spiro atoms. The van der Waals surface area contributed by atoms with E-state index in [2.05, 4.69) is 31.4 Å². The highest BCUT2D eigenvalue weighted by Gasteiger charge is 2.07. The molecule has 0 saturated carbocycles. The lowest BCUT2D eigenvalue weighted by molar-refractivity contribution is -0.138. The second-order valence-electron chi connectivity index (χ2n) is 7.26. The van der Waals surface area contributed by atoms with Crippen LogP contribution in [0.5, 0.6) is 5.75 Å². The van der Waals surface area contributed by atoms with E-state index >= 15 is 0 Å². The molecule has 0 heterocycles. The topological polar surface area (TPSA) is 52.6 Å². The largest absolute Gasteiger partial charge is 0.462 e. The number of hydrogen-bond acceptors (Lipinski definition) is 4. The van der Waals surface area contributed by atoms with Gasteiger partial charge in [-0.15, -0.1) is 0 Å². The first-order valence-corrected chi connectivity index (χ1v) is 9.67. The number of carbonyl (C=O) groups is 2. The molecule has 0 radical (unpaired) electrons. The lowest BCUT2D eigenvalue weighted by Gasteiger charge is -2.08. The SMILES string of the molecule is C=C(C)C(=O)OCCc1ccc(-c2ccc3cc(OC(=O)C(=C)C)ccc3c2)cc1. The number of rotatable bonds is 7. The lowest BCUT2D eigenvalue weighted by atomic mass is 9.99. The molecule has 3 rings (SSSR count). The minimum absolute atomic E-state index is 0.333. The second-order valence-corrected chi connectivity index (χ2v) is 7.26. The molecule has 0 unspecified atom stereocenters. The van der Waals surface area contributed by atoms with Crippen molar-refractivity contribution < 1.29 is 19.1 Å². The van der Waals surface area contributed by atoms with Crippen LogP contribution in [0.1, 0.15) is 19.4 Å². The third-order valence-corrected chi connectivity index (χ3v) is 4.63. The number of hydrogen-bond donors (Lipinski definition) is 0. The fourth-order valence-corrected chi connectivity index (χ4v) is 2.91. The van der Waals surface area contributed by atoms with Crippen LogP contribution in [0.15, 0.2) is 85.0 Å². The normalized spacial score (nSPS) is 10.5. The number of esters is 2. The quantitative estimate of drug-likeness (QED) is 0.292. The summed E-state index contributed by atoms with van der Waals surface area (Å²) in [6, 6.07) is 19.9. The van der Waals surface area contributed by atoms with E-state index in [4.69, 9.17) is 9.47 Å². The van der Waals surface area contributed by atoms with Crippen molar-refractivity contribution in [2.75, 3.05) is 6.61 Å². The summed E-state index contributed by atoms with van der Waals surface area (Å²) in [6.07, 6.45) is 0.655. The van der Waals surface area contributed by atoms with Crippen molar-refractivity contribution in [2.45, 2.75) is 20.3 Å². The standard InChI is InChI=1S/C26H24O4/c1-17(2)25(27)29-14-13-19-5-7-20(8-6-19)21-9-10-23-16-24(12-11-22(23)15-21)30-26(28)18(3)4/h5-12,15-16H,1,3,13-14H2,2,4H3. The average Bonchev–Trinajstić information content (AvgIpc) is 2.73. The number of ether oxygens (including phenoxy) is 2.